The monoisotopic (exact) mass is 458 g/mol. The zero-order chi connectivity index (χ0) is 22.8. The van der Waals surface area contributed by atoms with Crippen LogP contribution < -0.4 is 0 Å². The van der Waals surface area contributed by atoms with Crippen LogP contribution in [0, 0.1) is 10.8 Å². The van der Waals surface area contributed by atoms with Gasteiger partial charge in [-0.15, -0.1) is 0 Å². The second-order valence-corrected chi connectivity index (χ2v) is 11.5. The van der Waals surface area contributed by atoms with Crippen LogP contribution in [-0.2, 0) is 26.2 Å². The molecule has 2 aromatic rings. The van der Waals surface area contributed by atoms with E-state index in [1.54, 1.807) is 0 Å². The van der Waals surface area contributed by atoms with E-state index in [1.807, 2.05) is 26.2 Å². The molecule has 1 atom stereocenters. The van der Waals surface area contributed by atoms with Gasteiger partial charge in [-0.1, -0.05) is 13.8 Å². The van der Waals surface area contributed by atoms with E-state index >= 15 is 0 Å². The number of hydrogen-bond acceptors (Lipinski definition) is 5. The van der Waals surface area contributed by atoms with Crippen LogP contribution in [0.15, 0.2) is 24.5 Å². The van der Waals surface area contributed by atoms with E-state index in [-0.39, 0.29) is 0 Å². The lowest BCUT2D eigenvalue weighted by Crippen LogP contribution is -2.36. The first-order valence-corrected chi connectivity index (χ1v) is 13.6. The molecule has 32 heavy (non-hydrogen) atoms. The molecule has 0 bridgehead atoms. The van der Waals surface area contributed by atoms with Crippen molar-refractivity contribution in [2.24, 2.45) is 10.8 Å². The van der Waals surface area contributed by atoms with E-state index in [9.17, 15) is 0 Å². The van der Waals surface area contributed by atoms with Crippen LogP contribution in [0.3, 0.4) is 0 Å². The van der Waals surface area contributed by atoms with Crippen LogP contribution in [0.2, 0.25) is 0 Å². The molecule has 0 aromatic carbocycles. The molecule has 1 saturated carbocycles. The van der Waals surface area contributed by atoms with Crippen LogP contribution >= 0.6 is 11.8 Å². The quantitative estimate of drug-likeness (QED) is 0.635. The molecule has 6 rings (SSSR count). The summed E-state index contributed by atoms with van der Waals surface area (Å²) in [4.78, 5) is 5.04. The molecular formula is C25H42N6S. The first kappa shape index (κ1) is 23.8. The van der Waals surface area contributed by atoms with Crippen LogP contribution in [-0.4, -0.2) is 67.0 Å². The number of hydrogen-bond donors (Lipinski definition) is 0. The van der Waals surface area contributed by atoms with Gasteiger partial charge >= 0.3 is 0 Å². The highest BCUT2D eigenvalue weighted by atomic mass is 32.2. The van der Waals surface area contributed by atoms with Crippen molar-refractivity contribution >= 4 is 11.8 Å². The smallest absolute Gasteiger partial charge is 0.0524 e. The minimum absolute atomic E-state index is 0.483. The van der Waals surface area contributed by atoms with Crippen LogP contribution in [0.25, 0.3) is 0 Å². The van der Waals surface area contributed by atoms with Crippen LogP contribution in [0.1, 0.15) is 58.3 Å². The minimum atomic E-state index is 0.483. The van der Waals surface area contributed by atoms with Gasteiger partial charge < -0.3 is 0 Å². The van der Waals surface area contributed by atoms with Gasteiger partial charge in [0, 0.05) is 74.3 Å². The molecule has 5 heterocycles. The lowest BCUT2D eigenvalue weighted by atomic mass is 9.87. The maximum atomic E-state index is 4.45. The molecule has 7 heteroatoms. The Labute approximate surface area is 198 Å². The van der Waals surface area contributed by atoms with Gasteiger partial charge in [-0.2, -0.15) is 22.0 Å². The van der Waals surface area contributed by atoms with Crippen molar-refractivity contribution in [1.29, 1.82) is 0 Å². The van der Waals surface area contributed by atoms with E-state index in [1.165, 1.54) is 55.2 Å². The normalized spacial score (nSPS) is 26.4. The van der Waals surface area contributed by atoms with Crippen LogP contribution in [0.4, 0.5) is 0 Å². The highest BCUT2D eigenvalue weighted by molar-refractivity contribution is 7.99. The Kier molecular flexibility index (Phi) is 7.37. The SMILES string of the molecule is CC.CC(C)N1Cc2ccnn2CC2(CC2)C1.CN1Cc2ccnn2CC2(CCSC2)C1. The fourth-order valence-electron chi connectivity index (χ4n) is 5.37. The van der Waals surface area contributed by atoms with E-state index in [0.717, 1.165) is 26.2 Å². The molecule has 1 unspecified atom stereocenters. The summed E-state index contributed by atoms with van der Waals surface area (Å²) >= 11 is 2.10. The van der Waals surface area contributed by atoms with Crippen molar-refractivity contribution in [3.63, 3.8) is 0 Å². The number of aromatic nitrogens is 4. The van der Waals surface area contributed by atoms with E-state index in [0.29, 0.717) is 16.9 Å². The molecular weight excluding hydrogens is 416 g/mol. The highest BCUT2D eigenvalue weighted by Crippen LogP contribution is 2.49. The van der Waals surface area contributed by atoms with E-state index < -0.39 is 0 Å². The van der Waals surface area contributed by atoms with Crippen LogP contribution in [0.5, 0.6) is 0 Å². The van der Waals surface area contributed by atoms with Crippen molar-refractivity contribution in [1.82, 2.24) is 29.4 Å². The van der Waals surface area contributed by atoms with Gasteiger partial charge in [0.1, 0.15) is 0 Å². The van der Waals surface area contributed by atoms with Crippen molar-refractivity contribution in [3.8, 4) is 0 Å². The first-order chi connectivity index (χ1) is 15.5. The lowest BCUT2D eigenvalue weighted by molar-refractivity contribution is 0.175. The number of rotatable bonds is 1. The summed E-state index contributed by atoms with van der Waals surface area (Å²) in [5.41, 5.74) is 3.79. The zero-order valence-corrected chi connectivity index (χ0v) is 21.6. The predicted octanol–water partition coefficient (Wildman–Crippen LogP) is 4.37. The standard InChI is InChI=1S/C12H19N3.C11H17N3S.C2H6/c1-10(2)14-7-11-3-6-13-15(11)9-12(8-14)4-5-12;1-13-6-10-2-4-12-14(10)8-11(7-13)3-5-15-9-11;1-2/h3,6,10H,4-5,7-9H2,1-2H3;2,4H,3,5-9H2,1H3;1-2H3. The Morgan fingerprint density at radius 3 is 2.03 bits per heavy atom. The average molecular weight is 459 g/mol. The van der Waals surface area contributed by atoms with E-state index in [2.05, 4.69) is 74.2 Å². The summed E-state index contributed by atoms with van der Waals surface area (Å²) in [6.07, 6.45) is 7.99. The largest absolute Gasteiger partial charge is 0.300 e. The molecule has 2 fully saturated rings. The molecule has 0 amide bonds. The van der Waals surface area contributed by atoms with Gasteiger partial charge in [-0.25, -0.2) is 0 Å². The van der Waals surface area contributed by atoms with Gasteiger partial charge in [0.25, 0.3) is 0 Å². The first-order valence-electron chi connectivity index (χ1n) is 12.5. The Bertz CT molecular complexity index is 861. The molecule has 178 valence electrons. The average Bonchev–Trinajstić information content (AvgIpc) is 3.04. The van der Waals surface area contributed by atoms with Gasteiger partial charge in [0.05, 0.1) is 11.4 Å². The van der Waals surface area contributed by atoms with Gasteiger partial charge in [-0.3, -0.25) is 19.2 Å². The predicted molar refractivity (Wildman–Crippen MR) is 134 cm³/mol. The van der Waals surface area contributed by atoms with Crippen molar-refractivity contribution in [2.45, 2.75) is 79.2 Å². The molecule has 2 aromatic heterocycles. The summed E-state index contributed by atoms with van der Waals surface area (Å²) in [5, 5.41) is 8.89. The lowest BCUT2D eigenvalue weighted by Gasteiger charge is -2.29. The molecule has 6 nitrogen and oxygen atoms in total. The molecule has 0 N–H and O–H groups in total. The number of fused-ring (bicyclic) bond motifs is 2. The Hall–Kier alpha value is -1.31. The maximum absolute atomic E-state index is 4.45. The summed E-state index contributed by atoms with van der Waals surface area (Å²) in [7, 11) is 2.23. The molecule has 0 radical (unpaired) electrons. The van der Waals surface area contributed by atoms with Crippen molar-refractivity contribution in [2.75, 3.05) is 31.6 Å². The summed E-state index contributed by atoms with van der Waals surface area (Å²) in [5.74, 6) is 2.63. The topological polar surface area (TPSA) is 42.1 Å². The summed E-state index contributed by atoms with van der Waals surface area (Å²) < 4.78 is 4.44. The third kappa shape index (κ3) is 5.26. The second kappa shape index (κ2) is 9.90. The third-order valence-electron chi connectivity index (χ3n) is 7.39. The minimum Gasteiger partial charge on any atom is -0.300 e. The van der Waals surface area contributed by atoms with Gasteiger partial charge in [0.15, 0.2) is 0 Å². The zero-order valence-electron chi connectivity index (χ0n) is 20.8. The Morgan fingerprint density at radius 2 is 1.47 bits per heavy atom. The molecule has 4 aliphatic rings. The molecule has 3 aliphatic heterocycles. The van der Waals surface area contributed by atoms with Crippen molar-refractivity contribution < 1.29 is 0 Å². The Balaban J connectivity index is 0.000000142. The number of nitrogens with zero attached hydrogens (tertiary/aromatic N) is 6. The van der Waals surface area contributed by atoms with Gasteiger partial charge in [0.2, 0.25) is 0 Å². The van der Waals surface area contributed by atoms with Gasteiger partial charge in [-0.05, 0) is 58.0 Å². The maximum Gasteiger partial charge on any atom is 0.0524 e. The molecule has 2 spiro atoms. The highest BCUT2D eigenvalue weighted by Gasteiger charge is 2.46. The second-order valence-electron chi connectivity index (χ2n) is 10.4. The van der Waals surface area contributed by atoms with Crippen molar-refractivity contribution in [3.05, 3.63) is 35.9 Å². The summed E-state index contributed by atoms with van der Waals surface area (Å²) in [6.45, 7) is 15.4. The summed E-state index contributed by atoms with van der Waals surface area (Å²) in [6, 6.07) is 4.96. The van der Waals surface area contributed by atoms with E-state index in [4.69, 9.17) is 0 Å². The third-order valence-corrected chi connectivity index (χ3v) is 8.70. The Morgan fingerprint density at radius 1 is 0.844 bits per heavy atom. The molecule has 1 saturated heterocycles. The fraction of sp³-hybridized carbons (Fsp3) is 0.760. The fourth-order valence-corrected chi connectivity index (χ4v) is 6.85. The number of thioether (sulfide) groups is 1. The molecule has 1 aliphatic carbocycles.